The average molecular weight is 257 g/mol. The van der Waals surface area contributed by atoms with E-state index in [9.17, 15) is 4.79 Å². The Morgan fingerprint density at radius 2 is 2.00 bits per heavy atom. The van der Waals surface area contributed by atoms with E-state index in [0.717, 1.165) is 0 Å². The van der Waals surface area contributed by atoms with E-state index in [1.807, 2.05) is 0 Å². The first-order valence-electron chi connectivity index (χ1n) is 3.39. The van der Waals surface area contributed by atoms with E-state index in [0.29, 0.717) is 5.69 Å². The van der Waals surface area contributed by atoms with Crippen LogP contribution in [0.3, 0.4) is 0 Å². The molecule has 1 rings (SSSR count). The Bertz CT molecular complexity index is 355. The Hall–Kier alpha value is -0.640. The van der Waals surface area contributed by atoms with Crippen molar-refractivity contribution < 1.29 is 9.53 Å². The zero-order valence-electron chi connectivity index (χ0n) is 7.21. The van der Waals surface area contributed by atoms with Gasteiger partial charge in [0.2, 0.25) is 0 Å². The summed E-state index contributed by atoms with van der Waals surface area (Å²) in [4.78, 5) is 11.1. The Labute approximate surface area is 97.5 Å². The summed E-state index contributed by atoms with van der Waals surface area (Å²) in [7, 11) is 1.26. The van der Waals surface area contributed by atoms with Crippen LogP contribution in [0.2, 0.25) is 10.0 Å². The lowest BCUT2D eigenvalue weighted by atomic mass is 10.2. The molecule has 0 aliphatic heterocycles. The number of carbonyl (C=O) groups excluding carboxylic acids is 1. The van der Waals surface area contributed by atoms with Crippen LogP contribution in [0.4, 0.5) is 5.69 Å². The second kappa shape index (κ2) is 5.29. The molecule has 0 amide bonds. The van der Waals surface area contributed by atoms with Crippen LogP contribution in [0.25, 0.3) is 0 Å². The van der Waals surface area contributed by atoms with Crippen LogP contribution in [0, 0.1) is 0 Å². The molecule has 0 unspecified atom stereocenters. The van der Waals surface area contributed by atoms with Crippen LogP contribution in [-0.4, -0.2) is 13.1 Å². The number of hydrogen-bond acceptors (Lipinski definition) is 3. The second-order valence-electron chi connectivity index (χ2n) is 2.36. The van der Waals surface area contributed by atoms with Gasteiger partial charge in [0.05, 0.1) is 22.7 Å². The predicted molar refractivity (Wildman–Crippen MR) is 59.5 cm³/mol. The van der Waals surface area contributed by atoms with Crippen molar-refractivity contribution in [3.8, 4) is 0 Å². The SMILES string of the molecule is COC(=O)c1cc(N)cc(Cl)c1Cl.Cl. The van der Waals surface area contributed by atoms with E-state index in [4.69, 9.17) is 28.9 Å². The Kier molecular flexibility index (Phi) is 5.05. The number of carbonyl (C=O) groups is 1. The zero-order valence-corrected chi connectivity index (χ0v) is 9.54. The van der Waals surface area contributed by atoms with Crippen LogP contribution in [0.1, 0.15) is 10.4 Å². The standard InChI is InChI=1S/C8H7Cl2NO2.ClH/c1-13-8(12)5-2-4(11)3-6(9)7(5)10;/h2-3H,11H2,1H3;1H. The highest BCUT2D eigenvalue weighted by Crippen LogP contribution is 2.28. The maximum Gasteiger partial charge on any atom is 0.339 e. The molecule has 78 valence electrons. The van der Waals surface area contributed by atoms with Gasteiger partial charge in [-0.05, 0) is 12.1 Å². The predicted octanol–water partition coefficient (Wildman–Crippen LogP) is 2.78. The minimum atomic E-state index is -0.556. The molecule has 0 heterocycles. The van der Waals surface area contributed by atoms with Crippen LogP contribution in [-0.2, 0) is 4.74 Å². The third-order valence-corrected chi connectivity index (χ3v) is 2.26. The molecule has 0 aromatic heterocycles. The smallest absolute Gasteiger partial charge is 0.339 e. The van der Waals surface area contributed by atoms with Gasteiger partial charge in [0.15, 0.2) is 0 Å². The van der Waals surface area contributed by atoms with E-state index >= 15 is 0 Å². The molecule has 3 nitrogen and oxygen atoms in total. The van der Waals surface area contributed by atoms with Crippen molar-refractivity contribution in [1.29, 1.82) is 0 Å². The minimum absolute atomic E-state index is 0. The summed E-state index contributed by atoms with van der Waals surface area (Å²) in [5.41, 5.74) is 6.02. The number of halogens is 3. The first-order chi connectivity index (χ1) is 6.06. The van der Waals surface area contributed by atoms with Gasteiger partial charge in [0.25, 0.3) is 0 Å². The second-order valence-corrected chi connectivity index (χ2v) is 3.14. The molecule has 1 aromatic rings. The highest BCUT2D eigenvalue weighted by atomic mass is 35.5. The van der Waals surface area contributed by atoms with Crippen molar-refractivity contribution >= 4 is 47.3 Å². The fourth-order valence-electron chi connectivity index (χ4n) is 0.869. The maximum atomic E-state index is 11.1. The number of rotatable bonds is 1. The largest absolute Gasteiger partial charge is 0.465 e. The summed E-state index contributed by atoms with van der Waals surface area (Å²) < 4.78 is 4.49. The van der Waals surface area contributed by atoms with Gasteiger partial charge in [-0.15, -0.1) is 12.4 Å². The molecule has 6 heteroatoms. The number of nitrogen functional groups attached to an aromatic ring is 1. The molecule has 0 fully saturated rings. The summed E-state index contributed by atoms with van der Waals surface area (Å²) in [5.74, 6) is -0.556. The molecule has 0 bridgehead atoms. The van der Waals surface area contributed by atoms with Gasteiger partial charge in [0, 0.05) is 5.69 Å². The van der Waals surface area contributed by atoms with E-state index in [2.05, 4.69) is 4.74 Å². The van der Waals surface area contributed by atoms with Gasteiger partial charge in [0.1, 0.15) is 0 Å². The van der Waals surface area contributed by atoms with E-state index < -0.39 is 5.97 Å². The summed E-state index contributed by atoms with van der Waals surface area (Å²) in [6.45, 7) is 0. The third-order valence-electron chi connectivity index (χ3n) is 1.46. The van der Waals surface area contributed by atoms with Crippen molar-refractivity contribution in [2.45, 2.75) is 0 Å². The quantitative estimate of drug-likeness (QED) is 0.621. The van der Waals surface area contributed by atoms with Crippen LogP contribution >= 0.6 is 35.6 Å². The molecule has 2 N–H and O–H groups in total. The zero-order chi connectivity index (χ0) is 10.0. The van der Waals surface area contributed by atoms with Crippen molar-refractivity contribution in [2.75, 3.05) is 12.8 Å². The molecule has 0 saturated heterocycles. The molecular weight excluding hydrogens is 248 g/mol. The molecule has 0 aliphatic rings. The van der Waals surface area contributed by atoms with Crippen LogP contribution in [0.15, 0.2) is 12.1 Å². The normalized spacial score (nSPS) is 9.07. The minimum Gasteiger partial charge on any atom is -0.465 e. The van der Waals surface area contributed by atoms with E-state index in [1.165, 1.54) is 19.2 Å². The maximum absolute atomic E-state index is 11.1. The van der Waals surface area contributed by atoms with Crippen LogP contribution < -0.4 is 5.73 Å². The first-order valence-corrected chi connectivity index (χ1v) is 4.14. The van der Waals surface area contributed by atoms with Crippen molar-refractivity contribution in [3.05, 3.63) is 27.7 Å². The number of benzene rings is 1. The summed E-state index contributed by atoms with van der Waals surface area (Å²) in [6, 6.07) is 2.89. The lowest BCUT2D eigenvalue weighted by Crippen LogP contribution is -2.03. The summed E-state index contributed by atoms with van der Waals surface area (Å²) in [5, 5.41) is 0.393. The summed E-state index contributed by atoms with van der Waals surface area (Å²) >= 11 is 11.5. The Morgan fingerprint density at radius 3 is 2.50 bits per heavy atom. The summed E-state index contributed by atoms with van der Waals surface area (Å²) in [6.07, 6.45) is 0. The fraction of sp³-hybridized carbons (Fsp3) is 0.125. The monoisotopic (exact) mass is 255 g/mol. The highest BCUT2D eigenvalue weighted by molar-refractivity contribution is 6.44. The number of anilines is 1. The van der Waals surface area contributed by atoms with E-state index in [1.54, 1.807) is 0 Å². The lowest BCUT2D eigenvalue weighted by Gasteiger charge is -2.04. The van der Waals surface area contributed by atoms with Gasteiger partial charge in [-0.25, -0.2) is 4.79 Å². The van der Waals surface area contributed by atoms with Crippen LogP contribution in [0.5, 0.6) is 0 Å². The third kappa shape index (κ3) is 2.67. The molecular formula is C8H8Cl3NO2. The van der Waals surface area contributed by atoms with Gasteiger partial charge in [-0.2, -0.15) is 0 Å². The first kappa shape index (κ1) is 13.4. The molecule has 0 radical (unpaired) electrons. The number of hydrogen-bond donors (Lipinski definition) is 1. The van der Waals surface area contributed by atoms with Gasteiger partial charge in [-0.1, -0.05) is 23.2 Å². The number of nitrogens with two attached hydrogens (primary N) is 1. The molecule has 0 atom stereocenters. The van der Waals surface area contributed by atoms with Gasteiger partial charge < -0.3 is 10.5 Å². The highest BCUT2D eigenvalue weighted by Gasteiger charge is 2.13. The lowest BCUT2D eigenvalue weighted by molar-refractivity contribution is 0.0601. The molecule has 0 aliphatic carbocycles. The average Bonchev–Trinajstić information content (AvgIpc) is 2.10. The van der Waals surface area contributed by atoms with Gasteiger partial charge in [-0.3, -0.25) is 0 Å². The molecule has 14 heavy (non-hydrogen) atoms. The Balaban J connectivity index is 0.00000169. The number of ether oxygens (including phenoxy) is 1. The van der Waals surface area contributed by atoms with Crippen molar-refractivity contribution in [3.63, 3.8) is 0 Å². The molecule has 0 spiro atoms. The van der Waals surface area contributed by atoms with Crippen molar-refractivity contribution in [1.82, 2.24) is 0 Å². The Morgan fingerprint density at radius 1 is 1.43 bits per heavy atom. The number of esters is 1. The topological polar surface area (TPSA) is 52.3 Å². The van der Waals surface area contributed by atoms with Gasteiger partial charge >= 0.3 is 5.97 Å². The molecule has 1 aromatic carbocycles. The number of methoxy groups -OCH3 is 1. The fourth-order valence-corrected chi connectivity index (χ4v) is 1.28. The van der Waals surface area contributed by atoms with Crippen molar-refractivity contribution in [2.24, 2.45) is 0 Å². The van der Waals surface area contributed by atoms with E-state index in [-0.39, 0.29) is 28.0 Å². The molecule has 0 saturated carbocycles.